The van der Waals surface area contributed by atoms with Gasteiger partial charge in [-0.2, -0.15) is 0 Å². The van der Waals surface area contributed by atoms with E-state index >= 15 is 0 Å². The summed E-state index contributed by atoms with van der Waals surface area (Å²) >= 11 is 2.05. The molecule has 1 fully saturated rings. The lowest BCUT2D eigenvalue weighted by molar-refractivity contribution is 0.0698. The first-order chi connectivity index (χ1) is 9.49. The number of anilines is 1. The lowest BCUT2D eigenvalue weighted by atomic mass is 10.2. The van der Waals surface area contributed by atoms with Gasteiger partial charge >= 0.3 is 12.0 Å². The third-order valence-electron chi connectivity index (χ3n) is 3.65. The van der Waals surface area contributed by atoms with Crippen LogP contribution in [0.3, 0.4) is 0 Å². The first kappa shape index (κ1) is 15.1. The minimum Gasteiger partial charge on any atom is -0.478 e. The maximum absolute atomic E-state index is 12.2. The summed E-state index contributed by atoms with van der Waals surface area (Å²) in [5.41, 5.74) is 0.456. The minimum absolute atomic E-state index is 0.116. The number of carboxylic acids is 1. The topological polar surface area (TPSA) is 69.6 Å². The van der Waals surface area contributed by atoms with Crippen molar-refractivity contribution < 1.29 is 14.7 Å². The summed E-state index contributed by atoms with van der Waals surface area (Å²) in [6.07, 6.45) is 4.32. The number of benzene rings is 1. The molecule has 0 radical (unpaired) electrons. The average molecular weight is 388 g/mol. The van der Waals surface area contributed by atoms with E-state index in [0.717, 1.165) is 29.3 Å². The zero-order chi connectivity index (χ0) is 14.7. The highest BCUT2D eigenvalue weighted by atomic mass is 127. The van der Waals surface area contributed by atoms with Crippen molar-refractivity contribution in [2.45, 2.75) is 31.7 Å². The van der Waals surface area contributed by atoms with Crippen LogP contribution in [0.1, 0.15) is 36.0 Å². The minimum atomic E-state index is -1.04. The molecule has 108 valence electrons. The molecule has 0 unspecified atom stereocenters. The smallest absolute Gasteiger partial charge is 0.337 e. The molecule has 1 aliphatic carbocycles. The molecule has 1 aromatic carbocycles. The summed E-state index contributed by atoms with van der Waals surface area (Å²) in [7, 11) is 1.76. The third-order valence-corrected chi connectivity index (χ3v) is 4.32. The van der Waals surface area contributed by atoms with Gasteiger partial charge in [0.05, 0.1) is 11.3 Å². The predicted molar refractivity (Wildman–Crippen MR) is 85.2 cm³/mol. The lowest BCUT2D eigenvalue weighted by Gasteiger charge is -2.24. The lowest BCUT2D eigenvalue weighted by Crippen LogP contribution is -2.38. The van der Waals surface area contributed by atoms with Crippen molar-refractivity contribution in [1.82, 2.24) is 4.90 Å². The van der Waals surface area contributed by atoms with E-state index in [9.17, 15) is 14.7 Å². The number of rotatable bonds is 3. The number of nitrogens with zero attached hydrogens (tertiary/aromatic N) is 1. The number of hydrogen-bond donors (Lipinski definition) is 2. The molecule has 0 aliphatic heterocycles. The van der Waals surface area contributed by atoms with Gasteiger partial charge in [-0.3, -0.25) is 0 Å². The second-order valence-electron chi connectivity index (χ2n) is 4.97. The second kappa shape index (κ2) is 6.43. The number of hydrogen-bond acceptors (Lipinski definition) is 2. The van der Waals surface area contributed by atoms with E-state index < -0.39 is 5.97 Å². The van der Waals surface area contributed by atoms with Crippen molar-refractivity contribution in [3.8, 4) is 0 Å². The Morgan fingerprint density at radius 3 is 2.60 bits per heavy atom. The van der Waals surface area contributed by atoms with Gasteiger partial charge in [0.25, 0.3) is 0 Å². The summed E-state index contributed by atoms with van der Waals surface area (Å²) in [6, 6.07) is 4.96. The largest absolute Gasteiger partial charge is 0.478 e. The van der Waals surface area contributed by atoms with E-state index in [0.29, 0.717) is 5.69 Å². The molecule has 20 heavy (non-hydrogen) atoms. The Balaban J connectivity index is 2.12. The average Bonchev–Trinajstić information content (AvgIpc) is 2.93. The van der Waals surface area contributed by atoms with E-state index in [-0.39, 0.29) is 17.6 Å². The van der Waals surface area contributed by atoms with Gasteiger partial charge < -0.3 is 15.3 Å². The first-order valence-electron chi connectivity index (χ1n) is 6.55. The molecule has 0 bridgehead atoms. The summed E-state index contributed by atoms with van der Waals surface area (Å²) in [4.78, 5) is 25.1. The zero-order valence-electron chi connectivity index (χ0n) is 11.2. The molecule has 1 aliphatic rings. The van der Waals surface area contributed by atoms with Crippen molar-refractivity contribution in [3.05, 3.63) is 27.3 Å². The van der Waals surface area contributed by atoms with Gasteiger partial charge in [-0.15, -0.1) is 0 Å². The Bertz CT molecular complexity index is 527. The van der Waals surface area contributed by atoms with Crippen molar-refractivity contribution in [1.29, 1.82) is 0 Å². The van der Waals surface area contributed by atoms with Crippen molar-refractivity contribution >= 4 is 40.3 Å². The van der Waals surface area contributed by atoms with Crippen LogP contribution in [0.15, 0.2) is 18.2 Å². The second-order valence-corrected chi connectivity index (χ2v) is 6.22. The Morgan fingerprint density at radius 2 is 2.00 bits per heavy atom. The molecule has 0 aromatic heterocycles. The summed E-state index contributed by atoms with van der Waals surface area (Å²) in [5, 5.41) is 11.9. The Kier molecular flexibility index (Phi) is 4.85. The van der Waals surface area contributed by atoms with E-state index in [2.05, 4.69) is 5.32 Å². The SMILES string of the molecule is CN(C(=O)Nc1ccc(I)cc1C(=O)O)C1CCCC1. The number of aromatic carboxylic acids is 1. The number of nitrogens with one attached hydrogen (secondary N) is 1. The molecule has 0 spiro atoms. The van der Waals surface area contributed by atoms with Crippen LogP contribution >= 0.6 is 22.6 Å². The fourth-order valence-electron chi connectivity index (χ4n) is 2.46. The highest BCUT2D eigenvalue weighted by molar-refractivity contribution is 14.1. The van der Waals surface area contributed by atoms with Crippen LogP contribution in [-0.4, -0.2) is 35.1 Å². The van der Waals surface area contributed by atoms with Crippen LogP contribution in [-0.2, 0) is 0 Å². The van der Waals surface area contributed by atoms with Crippen LogP contribution in [0.5, 0.6) is 0 Å². The standard InChI is InChI=1S/C14H17IN2O3/c1-17(10-4-2-3-5-10)14(20)16-12-7-6-9(15)8-11(12)13(18)19/h6-8,10H,2-5H2,1H3,(H,16,20)(H,18,19). The fourth-order valence-corrected chi connectivity index (χ4v) is 2.95. The Labute approximate surface area is 131 Å². The molecular weight excluding hydrogens is 371 g/mol. The number of carbonyl (C=O) groups excluding carboxylic acids is 1. The van der Waals surface area contributed by atoms with Crippen molar-refractivity contribution in [2.24, 2.45) is 0 Å². The van der Waals surface area contributed by atoms with Gasteiger partial charge in [0.15, 0.2) is 0 Å². The normalized spacial score (nSPS) is 15.1. The molecule has 2 rings (SSSR count). The Hall–Kier alpha value is -1.31. The van der Waals surface area contributed by atoms with Crippen LogP contribution < -0.4 is 5.32 Å². The quantitative estimate of drug-likeness (QED) is 0.780. The van der Waals surface area contributed by atoms with Crippen LogP contribution in [0.2, 0.25) is 0 Å². The highest BCUT2D eigenvalue weighted by Crippen LogP contribution is 2.24. The van der Waals surface area contributed by atoms with Crippen LogP contribution in [0.25, 0.3) is 0 Å². The number of amides is 2. The summed E-state index contributed by atoms with van der Waals surface area (Å²) < 4.78 is 0.821. The maximum atomic E-state index is 12.2. The van der Waals surface area contributed by atoms with Crippen LogP contribution in [0.4, 0.5) is 10.5 Å². The molecule has 2 N–H and O–H groups in total. The third kappa shape index (κ3) is 3.41. The zero-order valence-corrected chi connectivity index (χ0v) is 13.4. The van der Waals surface area contributed by atoms with E-state index in [1.165, 1.54) is 0 Å². The molecule has 5 nitrogen and oxygen atoms in total. The number of halogens is 1. The molecule has 0 saturated heterocycles. The van der Waals surface area contributed by atoms with Gasteiger partial charge in [-0.25, -0.2) is 9.59 Å². The molecule has 2 amide bonds. The van der Waals surface area contributed by atoms with Crippen molar-refractivity contribution in [3.63, 3.8) is 0 Å². The maximum Gasteiger partial charge on any atom is 0.337 e. The van der Waals surface area contributed by atoms with E-state index in [1.807, 2.05) is 22.6 Å². The monoisotopic (exact) mass is 388 g/mol. The van der Waals surface area contributed by atoms with Gasteiger partial charge in [-0.05, 0) is 53.6 Å². The van der Waals surface area contributed by atoms with E-state index in [4.69, 9.17) is 0 Å². The highest BCUT2D eigenvalue weighted by Gasteiger charge is 2.24. The van der Waals surface area contributed by atoms with Gasteiger partial charge in [-0.1, -0.05) is 12.8 Å². The summed E-state index contributed by atoms with van der Waals surface area (Å²) in [5.74, 6) is -1.04. The molecule has 1 aromatic rings. The molecule has 0 heterocycles. The van der Waals surface area contributed by atoms with E-state index in [1.54, 1.807) is 30.1 Å². The van der Waals surface area contributed by atoms with Gasteiger partial charge in [0, 0.05) is 16.7 Å². The first-order valence-corrected chi connectivity index (χ1v) is 7.63. The number of carboxylic acid groups (broad SMARTS) is 1. The fraction of sp³-hybridized carbons (Fsp3) is 0.429. The Morgan fingerprint density at radius 1 is 1.35 bits per heavy atom. The molecule has 1 saturated carbocycles. The van der Waals surface area contributed by atoms with Crippen LogP contribution in [0, 0.1) is 3.57 Å². The predicted octanol–water partition coefficient (Wildman–Crippen LogP) is 3.40. The number of urea groups is 1. The molecule has 6 heteroatoms. The molecular formula is C14H17IN2O3. The summed E-state index contributed by atoms with van der Waals surface area (Å²) in [6.45, 7) is 0. The molecule has 0 atom stereocenters. The van der Waals surface area contributed by atoms with Gasteiger partial charge in [0.1, 0.15) is 0 Å². The van der Waals surface area contributed by atoms with Gasteiger partial charge in [0.2, 0.25) is 0 Å². The van der Waals surface area contributed by atoms with Crippen molar-refractivity contribution in [2.75, 3.05) is 12.4 Å². The number of carbonyl (C=O) groups is 2.